The molecule has 0 N–H and O–H groups in total. The van der Waals surface area contributed by atoms with Crippen molar-refractivity contribution in [2.75, 3.05) is 33.2 Å². The van der Waals surface area contributed by atoms with Crippen molar-refractivity contribution in [1.29, 1.82) is 5.26 Å². The number of Topliss-reactive ketones (excluding diaryl/α,β-unsaturated/α-hetero) is 2. The first kappa shape index (κ1) is 27.1. The molecule has 0 spiro atoms. The Morgan fingerprint density at radius 2 is 1.89 bits per heavy atom. The fraction of sp³-hybridized carbons (Fsp3) is 0.300. The molecule has 1 saturated heterocycles. The van der Waals surface area contributed by atoms with E-state index in [1.54, 1.807) is 59.3 Å². The van der Waals surface area contributed by atoms with Gasteiger partial charge in [0.25, 0.3) is 0 Å². The summed E-state index contributed by atoms with van der Waals surface area (Å²) in [5.41, 5.74) is 3.23. The number of carbonyl (C=O) groups is 3. The van der Waals surface area contributed by atoms with Gasteiger partial charge in [-0.15, -0.1) is 6.42 Å². The van der Waals surface area contributed by atoms with Crippen molar-refractivity contribution in [3.63, 3.8) is 0 Å². The van der Waals surface area contributed by atoms with Gasteiger partial charge in [-0.3, -0.25) is 19.3 Å². The Bertz CT molecular complexity index is 1310. The van der Waals surface area contributed by atoms with Crippen molar-refractivity contribution < 1.29 is 14.4 Å². The van der Waals surface area contributed by atoms with E-state index in [9.17, 15) is 14.4 Å². The summed E-state index contributed by atoms with van der Waals surface area (Å²) in [5.74, 6) is 1.76. The molecule has 186 valence electrons. The minimum atomic E-state index is -0.447. The summed E-state index contributed by atoms with van der Waals surface area (Å²) in [6, 6.07) is 16.1. The molecule has 2 aromatic rings. The van der Waals surface area contributed by atoms with Crippen LogP contribution in [0, 0.1) is 36.2 Å². The predicted octanol–water partition coefficient (Wildman–Crippen LogP) is 3.68. The lowest BCUT2D eigenvalue weighted by atomic mass is 9.86. The Morgan fingerprint density at radius 3 is 2.51 bits per heavy atom. The van der Waals surface area contributed by atoms with E-state index in [2.05, 4.69) is 16.8 Å². The van der Waals surface area contributed by atoms with Gasteiger partial charge in [-0.2, -0.15) is 5.26 Å². The highest BCUT2D eigenvalue weighted by atomic mass is 16.2. The molecule has 1 aliphatic heterocycles. The van der Waals surface area contributed by atoms with Gasteiger partial charge in [0.2, 0.25) is 5.91 Å². The van der Waals surface area contributed by atoms with Gasteiger partial charge in [-0.25, -0.2) is 4.85 Å². The molecule has 1 aliphatic rings. The largest absolute Gasteiger partial charge is 0.337 e. The standard InChI is InChI=1S/C30H28N4O3/c1-4-15-33(3)21-28(35)13-14-29(36)34-19-25(16-22-5-7-24(18-31)8-6-22)30(37)26(20-34)17-23-9-11-27(32-2)12-10-23/h1,5-12,17,25H,13-16,19-21H2,3H3/b26-17+. The van der Waals surface area contributed by atoms with Crippen molar-refractivity contribution in [2.45, 2.75) is 19.3 Å². The number of carbonyl (C=O) groups excluding carboxylic acids is 3. The van der Waals surface area contributed by atoms with E-state index >= 15 is 0 Å². The van der Waals surface area contributed by atoms with Gasteiger partial charge < -0.3 is 4.90 Å². The molecular weight excluding hydrogens is 464 g/mol. The van der Waals surface area contributed by atoms with Crippen LogP contribution < -0.4 is 0 Å². The summed E-state index contributed by atoms with van der Waals surface area (Å²) in [5, 5.41) is 9.05. The molecule has 1 amide bonds. The lowest BCUT2D eigenvalue weighted by molar-refractivity contribution is -0.136. The predicted molar refractivity (Wildman–Crippen MR) is 141 cm³/mol. The smallest absolute Gasteiger partial charge is 0.223 e. The summed E-state index contributed by atoms with van der Waals surface area (Å²) in [6.07, 6.45) is 7.64. The highest BCUT2D eigenvalue weighted by Crippen LogP contribution is 2.25. The van der Waals surface area contributed by atoms with E-state index in [0.717, 1.165) is 11.1 Å². The number of nitrogens with zero attached hydrogens (tertiary/aromatic N) is 4. The molecule has 1 fully saturated rings. The van der Waals surface area contributed by atoms with Crippen LogP contribution in [-0.4, -0.2) is 60.5 Å². The molecule has 2 aromatic carbocycles. The van der Waals surface area contributed by atoms with Crippen LogP contribution in [0.2, 0.25) is 0 Å². The Labute approximate surface area is 217 Å². The highest BCUT2D eigenvalue weighted by molar-refractivity contribution is 6.03. The fourth-order valence-corrected chi connectivity index (χ4v) is 4.27. The highest BCUT2D eigenvalue weighted by Gasteiger charge is 2.33. The van der Waals surface area contributed by atoms with Crippen LogP contribution in [-0.2, 0) is 20.8 Å². The fourth-order valence-electron chi connectivity index (χ4n) is 4.27. The third kappa shape index (κ3) is 7.74. The van der Waals surface area contributed by atoms with Crippen molar-refractivity contribution in [3.8, 4) is 18.4 Å². The molecule has 7 heteroatoms. The molecule has 0 bridgehead atoms. The first-order valence-corrected chi connectivity index (χ1v) is 12.0. The van der Waals surface area contributed by atoms with Gasteiger partial charge in [0, 0.05) is 37.4 Å². The Hall–Kier alpha value is -4.51. The van der Waals surface area contributed by atoms with E-state index < -0.39 is 5.92 Å². The Morgan fingerprint density at radius 1 is 1.19 bits per heavy atom. The second kappa shape index (κ2) is 13.0. The van der Waals surface area contributed by atoms with Crippen LogP contribution in [0.15, 0.2) is 54.1 Å². The first-order valence-electron chi connectivity index (χ1n) is 12.0. The summed E-state index contributed by atoms with van der Waals surface area (Å²) >= 11 is 0. The number of piperidine rings is 1. The van der Waals surface area contributed by atoms with Gasteiger partial charge in [0.1, 0.15) is 5.78 Å². The zero-order valence-corrected chi connectivity index (χ0v) is 20.8. The molecule has 1 heterocycles. The third-order valence-electron chi connectivity index (χ3n) is 6.20. The maximum Gasteiger partial charge on any atom is 0.223 e. The van der Waals surface area contributed by atoms with Crippen LogP contribution in [0.3, 0.4) is 0 Å². The maximum atomic E-state index is 13.4. The normalized spacial score (nSPS) is 16.2. The van der Waals surface area contributed by atoms with Crippen molar-refractivity contribution in [2.24, 2.45) is 5.92 Å². The van der Waals surface area contributed by atoms with Gasteiger partial charge in [-0.1, -0.05) is 42.3 Å². The Kier molecular flexibility index (Phi) is 9.50. The molecular formula is C30H28N4O3. The van der Waals surface area contributed by atoms with E-state index in [1.807, 2.05) is 12.1 Å². The number of amides is 1. The number of likely N-dealkylation sites (N-methyl/N-ethyl adjacent to an activating group) is 1. The number of benzene rings is 2. The SMILES string of the molecule is [C-]#[N+]c1ccc(/C=C2\CN(C(=O)CCC(=O)CN(C)CC#C)CC(Cc3ccc(C#N)cc3)C2=O)cc1. The molecule has 1 atom stereocenters. The average molecular weight is 493 g/mol. The monoisotopic (exact) mass is 492 g/mol. The van der Waals surface area contributed by atoms with Crippen molar-refractivity contribution in [3.05, 3.63) is 82.2 Å². The number of terminal acetylenes is 1. The molecule has 7 nitrogen and oxygen atoms in total. The number of ketones is 2. The molecule has 3 rings (SSSR count). The zero-order chi connectivity index (χ0) is 26.8. The molecule has 0 saturated carbocycles. The van der Waals surface area contributed by atoms with Gasteiger partial charge in [0.05, 0.1) is 31.3 Å². The quantitative estimate of drug-likeness (QED) is 0.303. The van der Waals surface area contributed by atoms with Crippen molar-refractivity contribution in [1.82, 2.24) is 9.80 Å². The van der Waals surface area contributed by atoms with E-state index in [0.29, 0.717) is 29.8 Å². The Balaban J connectivity index is 1.78. The van der Waals surface area contributed by atoms with E-state index in [-0.39, 0.29) is 49.9 Å². The molecule has 0 aromatic heterocycles. The molecule has 1 unspecified atom stereocenters. The van der Waals surface area contributed by atoms with Gasteiger partial charge in [-0.05, 0) is 42.8 Å². The van der Waals surface area contributed by atoms with Gasteiger partial charge >= 0.3 is 0 Å². The van der Waals surface area contributed by atoms with Crippen LogP contribution in [0.4, 0.5) is 5.69 Å². The van der Waals surface area contributed by atoms with Crippen molar-refractivity contribution >= 4 is 29.2 Å². The van der Waals surface area contributed by atoms with Gasteiger partial charge in [0.15, 0.2) is 11.5 Å². The summed E-state index contributed by atoms with van der Waals surface area (Å²) < 4.78 is 0. The second-order valence-electron chi connectivity index (χ2n) is 9.14. The molecule has 37 heavy (non-hydrogen) atoms. The number of likely N-dealkylation sites (tertiary alicyclic amines) is 1. The topological polar surface area (TPSA) is 85.8 Å². The van der Waals surface area contributed by atoms with Crippen LogP contribution >= 0.6 is 0 Å². The number of hydrogen-bond donors (Lipinski definition) is 0. The van der Waals surface area contributed by atoms with Crippen LogP contribution in [0.25, 0.3) is 10.9 Å². The number of nitriles is 1. The summed E-state index contributed by atoms with van der Waals surface area (Å²) in [6.45, 7) is 8.08. The first-order chi connectivity index (χ1) is 17.8. The lowest BCUT2D eigenvalue weighted by Gasteiger charge is -2.34. The van der Waals surface area contributed by atoms with Crippen LogP contribution in [0.1, 0.15) is 29.5 Å². The average Bonchev–Trinajstić information content (AvgIpc) is 2.90. The minimum Gasteiger partial charge on any atom is -0.337 e. The molecule has 0 radical (unpaired) electrons. The summed E-state index contributed by atoms with van der Waals surface area (Å²) in [7, 11) is 1.76. The third-order valence-corrected chi connectivity index (χ3v) is 6.20. The van der Waals surface area contributed by atoms with Crippen LogP contribution in [0.5, 0.6) is 0 Å². The summed E-state index contributed by atoms with van der Waals surface area (Å²) in [4.78, 5) is 45.6. The van der Waals surface area contributed by atoms with E-state index in [1.165, 1.54) is 0 Å². The number of hydrogen-bond acceptors (Lipinski definition) is 5. The number of rotatable bonds is 9. The second-order valence-corrected chi connectivity index (χ2v) is 9.14. The maximum absolute atomic E-state index is 13.4. The zero-order valence-electron chi connectivity index (χ0n) is 20.8. The lowest BCUT2D eigenvalue weighted by Crippen LogP contribution is -2.46. The minimum absolute atomic E-state index is 0.0327. The van der Waals surface area contributed by atoms with E-state index in [4.69, 9.17) is 18.3 Å². The molecule has 0 aliphatic carbocycles.